The van der Waals surface area contributed by atoms with Gasteiger partial charge in [0.1, 0.15) is 6.17 Å². The Morgan fingerprint density at radius 3 is 2.75 bits per heavy atom. The van der Waals surface area contributed by atoms with Gasteiger partial charge in [0.25, 0.3) is 0 Å². The van der Waals surface area contributed by atoms with E-state index in [9.17, 15) is 5.11 Å². The molecule has 0 spiro atoms. The molecule has 0 aromatic carbocycles. The fourth-order valence-electron chi connectivity index (χ4n) is 9.61. The minimum atomic E-state index is -0.480. The molecule has 0 saturated heterocycles. The summed E-state index contributed by atoms with van der Waals surface area (Å²) in [7, 11) is 1.90. The van der Waals surface area contributed by atoms with Gasteiger partial charge in [-0.25, -0.2) is 0 Å². The Bertz CT molecular complexity index is 846. The van der Waals surface area contributed by atoms with E-state index in [0.717, 1.165) is 43.6 Å². The average Bonchev–Trinajstić information content (AvgIpc) is 3.34. The van der Waals surface area contributed by atoms with Crippen molar-refractivity contribution in [2.45, 2.75) is 83.4 Å². The van der Waals surface area contributed by atoms with Gasteiger partial charge in [-0.1, -0.05) is 13.0 Å². The molecular formula is C28H42N2O2. The summed E-state index contributed by atoms with van der Waals surface area (Å²) in [5.41, 5.74) is 1.69. The van der Waals surface area contributed by atoms with Gasteiger partial charge >= 0.3 is 0 Å². The fourth-order valence-corrected chi connectivity index (χ4v) is 9.61. The highest BCUT2D eigenvalue weighted by atomic mass is 16.5. The first kappa shape index (κ1) is 21.3. The van der Waals surface area contributed by atoms with Crippen LogP contribution >= 0.6 is 0 Å². The van der Waals surface area contributed by atoms with Crippen LogP contribution in [0.4, 0.5) is 0 Å². The van der Waals surface area contributed by atoms with Crippen LogP contribution in [0.1, 0.15) is 71.6 Å². The molecule has 2 N–H and O–H groups in total. The Balaban J connectivity index is 1.27. The van der Waals surface area contributed by atoms with Gasteiger partial charge in [-0.3, -0.25) is 0 Å². The van der Waals surface area contributed by atoms with Gasteiger partial charge in [0.15, 0.2) is 0 Å². The Morgan fingerprint density at radius 1 is 1.06 bits per heavy atom. The van der Waals surface area contributed by atoms with E-state index in [4.69, 9.17) is 4.74 Å². The number of nitrogens with zero attached hydrogens (tertiary/aromatic N) is 1. The van der Waals surface area contributed by atoms with Crippen LogP contribution in [0.15, 0.2) is 36.3 Å². The van der Waals surface area contributed by atoms with Crippen molar-refractivity contribution in [3.8, 4) is 0 Å². The smallest absolute Gasteiger partial charge is 0.122 e. The largest absolute Gasteiger partial charge is 0.390 e. The number of allylic oxidation sites excluding steroid dienone is 3. The fraction of sp³-hybridized carbons (Fsp3) is 0.786. The summed E-state index contributed by atoms with van der Waals surface area (Å²) in [4.78, 5) is 2.34. The lowest BCUT2D eigenvalue weighted by Crippen LogP contribution is -2.58. The zero-order valence-corrected chi connectivity index (χ0v) is 20.2. The topological polar surface area (TPSA) is 44.7 Å². The molecule has 6 aliphatic rings. The monoisotopic (exact) mass is 438 g/mol. The van der Waals surface area contributed by atoms with Crippen molar-refractivity contribution in [3.63, 3.8) is 0 Å². The minimum Gasteiger partial charge on any atom is -0.390 e. The third kappa shape index (κ3) is 3.01. The molecule has 4 heteroatoms. The Morgan fingerprint density at radius 2 is 1.94 bits per heavy atom. The van der Waals surface area contributed by atoms with Crippen LogP contribution in [-0.2, 0) is 4.74 Å². The maximum atomic E-state index is 10.9. The molecule has 4 fully saturated rings. The second-order valence-corrected chi connectivity index (χ2v) is 12.5. The van der Waals surface area contributed by atoms with Gasteiger partial charge in [-0.05, 0) is 111 Å². The zero-order valence-electron chi connectivity index (χ0n) is 20.2. The van der Waals surface area contributed by atoms with Crippen molar-refractivity contribution in [1.29, 1.82) is 0 Å². The summed E-state index contributed by atoms with van der Waals surface area (Å²) in [6.07, 6.45) is 22.5. The number of aliphatic hydroxyl groups is 1. The van der Waals surface area contributed by atoms with Crippen LogP contribution in [0.25, 0.3) is 0 Å². The van der Waals surface area contributed by atoms with E-state index in [1.165, 1.54) is 44.2 Å². The van der Waals surface area contributed by atoms with Crippen molar-refractivity contribution in [2.24, 2.45) is 40.4 Å². The number of nitrogens with one attached hydrogen (secondary N) is 1. The molecular weight excluding hydrogens is 396 g/mol. The molecule has 0 amide bonds. The SMILES string of the molecule is COC[C@]12CC[C@@](C)(O)C[C@@H]1CCC1[C@@H]3CC[C@H](C4=CN5C=CC=CC5N4)[C@@]3(C)CC[C@@H]12. The molecule has 4 aliphatic carbocycles. The normalized spacial score (nSPS) is 51.4. The summed E-state index contributed by atoms with van der Waals surface area (Å²) in [6, 6.07) is 0. The molecule has 0 aromatic rings. The molecule has 176 valence electrons. The molecule has 9 atom stereocenters. The lowest BCUT2D eigenvalue weighted by atomic mass is 9.43. The molecule has 2 unspecified atom stereocenters. The van der Waals surface area contributed by atoms with Gasteiger partial charge < -0.3 is 20.1 Å². The standard InChI is InChI=1S/C28H42N2O2/c1-26(31)13-14-28(18-32-3)19(16-26)7-8-20-21-9-10-23(27(21,2)12-11-22(20)28)24-17-30-15-5-4-6-25(30)29-24/h4-6,15,17,19-23,25,29,31H,7-14,16,18H2,1-3H3/t19-,20?,21-,22-,23+,25?,26+,27-,28+/m0/s1. The van der Waals surface area contributed by atoms with E-state index < -0.39 is 5.60 Å². The number of methoxy groups -OCH3 is 1. The third-order valence-electron chi connectivity index (χ3n) is 11.0. The van der Waals surface area contributed by atoms with Crippen molar-refractivity contribution in [2.75, 3.05) is 13.7 Å². The van der Waals surface area contributed by atoms with E-state index >= 15 is 0 Å². The summed E-state index contributed by atoms with van der Waals surface area (Å²) < 4.78 is 5.93. The van der Waals surface area contributed by atoms with E-state index in [-0.39, 0.29) is 0 Å². The number of hydrogen-bond donors (Lipinski definition) is 2. The van der Waals surface area contributed by atoms with Gasteiger partial charge in [0.2, 0.25) is 0 Å². The first-order chi connectivity index (χ1) is 15.4. The highest BCUT2D eigenvalue weighted by Crippen LogP contribution is 2.68. The molecule has 4 saturated carbocycles. The predicted molar refractivity (Wildman–Crippen MR) is 127 cm³/mol. The van der Waals surface area contributed by atoms with Gasteiger partial charge in [-0.2, -0.15) is 0 Å². The van der Waals surface area contributed by atoms with Crippen molar-refractivity contribution in [1.82, 2.24) is 10.2 Å². The molecule has 0 radical (unpaired) electrons. The average molecular weight is 439 g/mol. The van der Waals surface area contributed by atoms with E-state index in [1.54, 1.807) is 0 Å². The number of hydrogen-bond acceptors (Lipinski definition) is 4. The van der Waals surface area contributed by atoms with Gasteiger partial charge in [0, 0.05) is 31.1 Å². The van der Waals surface area contributed by atoms with Crippen LogP contribution < -0.4 is 5.32 Å². The molecule has 2 aliphatic heterocycles. The number of ether oxygens (including phenoxy) is 1. The predicted octanol–water partition coefficient (Wildman–Crippen LogP) is 5.18. The Labute approximate surface area is 194 Å². The summed E-state index contributed by atoms with van der Waals surface area (Å²) in [6.45, 7) is 5.58. The van der Waals surface area contributed by atoms with Crippen molar-refractivity contribution >= 4 is 0 Å². The van der Waals surface area contributed by atoms with Crippen LogP contribution in [0.2, 0.25) is 0 Å². The summed E-state index contributed by atoms with van der Waals surface area (Å²) in [5.74, 6) is 3.72. The highest BCUT2D eigenvalue weighted by molar-refractivity contribution is 5.27. The lowest BCUT2D eigenvalue weighted by Gasteiger charge is -2.62. The summed E-state index contributed by atoms with van der Waals surface area (Å²) >= 11 is 0. The van der Waals surface area contributed by atoms with Crippen molar-refractivity contribution in [3.05, 3.63) is 36.3 Å². The van der Waals surface area contributed by atoms with Gasteiger partial charge in [-0.15, -0.1) is 0 Å². The van der Waals surface area contributed by atoms with Crippen LogP contribution in [0.3, 0.4) is 0 Å². The molecule has 6 rings (SSSR count). The summed E-state index contributed by atoms with van der Waals surface area (Å²) in [5, 5.41) is 14.7. The second kappa shape index (κ2) is 7.37. The number of fused-ring (bicyclic) bond motifs is 6. The van der Waals surface area contributed by atoms with Crippen LogP contribution in [-0.4, -0.2) is 35.5 Å². The Kier molecular flexibility index (Phi) is 4.90. The second-order valence-electron chi connectivity index (χ2n) is 12.5. The maximum absolute atomic E-state index is 10.9. The molecule has 0 aromatic heterocycles. The van der Waals surface area contributed by atoms with E-state index in [2.05, 4.69) is 54.7 Å². The molecule has 2 heterocycles. The molecule has 4 nitrogen and oxygen atoms in total. The zero-order chi connectivity index (χ0) is 22.1. The van der Waals surface area contributed by atoms with Crippen LogP contribution in [0, 0.1) is 40.4 Å². The van der Waals surface area contributed by atoms with Gasteiger partial charge in [0.05, 0.1) is 12.2 Å². The molecule has 0 bridgehead atoms. The van der Waals surface area contributed by atoms with Crippen molar-refractivity contribution < 1.29 is 9.84 Å². The van der Waals surface area contributed by atoms with E-state index in [1.807, 2.05) is 7.11 Å². The quantitative estimate of drug-likeness (QED) is 0.637. The molecule has 32 heavy (non-hydrogen) atoms. The highest BCUT2D eigenvalue weighted by Gasteiger charge is 2.62. The minimum absolute atomic E-state index is 0.292. The first-order valence-electron chi connectivity index (χ1n) is 13.2. The lowest BCUT2D eigenvalue weighted by molar-refractivity contribution is -0.173. The van der Waals surface area contributed by atoms with Crippen LogP contribution in [0.5, 0.6) is 0 Å². The first-order valence-corrected chi connectivity index (χ1v) is 13.2. The van der Waals surface area contributed by atoms with E-state index in [0.29, 0.717) is 28.8 Å². The third-order valence-corrected chi connectivity index (χ3v) is 11.0. The number of rotatable bonds is 3. The Hall–Kier alpha value is -1.26. The maximum Gasteiger partial charge on any atom is 0.122 e.